The summed E-state index contributed by atoms with van der Waals surface area (Å²) in [7, 11) is 0. The highest BCUT2D eigenvalue weighted by Crippen LogP contribution is 2.09. The first-order valence-electron chi connectivity index (χ1n) is 3.95. The Labute approximate surface area is 67.2 Å². The van der Waals surface area contributed by atoms with Crippen molar-refractivity contribution in [2.24, 2.45) is 5.73 Å². The Kier molecular flexibility index (Phi) is 2.29. The fourth-order valence-corrected chi connectivity index (χ4v) is 1.08. The van der Waals surface area contributed by atoms with Gasteiger partial charge in [-0.15, -0.1) is 0 Å². The normalized spacial score (nSPS) is 13.5. The van der Waals surface area contributed by atoms with E-state index in [2.05, 4.69) is 12.0 Å². The van der Waals surface area contributed by atoms with Crippen LogP contribution in [0, 0.1) is 6.92 Å². The van der Waals surface area contributed by atoms with Gasteiger partial charge in [-0.05, 0) is 26.8 Å². The highest BCUT2D eigenvalue weighted by Gasteiger charge is 2.05. The van der Waals surface area contributed by atoms with Gasteiger partial charge in [0, 0.05) is 18.3 Å². The van der Waals surface area contributed by atoms with Crippen LogP contribution < -0.4 is 5.73 Å². The van der Waals surface area contributed by atoms with E-state index < -0.39 is 0 Å². The largest absolute Gasteiger partial charge is 0.323 e. The maximum Gasteiger partial charge on any atom is 0.0791 e. The summed E-state index contributed by atoms with van der Waals surface area (Å²) < 4.78 is 1.96. The summed E-state index contributed by atoms with van der Waals surface area (Å²) in [5, 5.41) is 4.32. The Balaban J connectivity index is 2.95. The predicted molar refractivity (Wildman–Crippen MR) is 45.2 cm³/mol. The molecule has 2 N–H and O–H groups in total. The van der Waals surface area contributed by atoms with Crippen molar-refractivity contribution >= 4 is 0 Å². The van der Waals surface area contributed by atoms with E-state index in [1.165, 1.54) is 5.69 Å². The smallest absolute Gasteiger partial charge is 0.0791 e. The molecular weight excluding hydrogens is 138 g/mol. The van der Waals surface area contributed by atoms with Crippen LogP contribution >= 0.6 is 0 Å². The number of nitrogens with two attached hydrogens (primary N) is 1. The molecule has 1 atom stereocenters. The van der Waals surface area contributed by atoms with Gasteiger partial charge in [0.1, 0.15) is 0 Å². The molecule has 0 saturated carbocycles. The molecule has 0 amide bonds. The van der Waals surface area contributed by atoms with Gasteiger partial charge in [0.05, 0.1) is 5.69 Å². The van der Waals surface area contributed by atoms with E-state index in [-0.39, 0.29) is 6.04 Å². The van der Waals surface area contributed by atoms with Crippen molar-refractivity contribution in [3.63, 3.8) is 0 Å². The van der Waals surface area contributed by atoms with E-state index >= 15 is 0 Å². The van der Waals surface area contributed by atoms with Crippen LogP contribution in [-0.4, -0.2) is 9.78 Å². The molecule has 0 aliphatic rings. The molecule has 1 aromatic heterocycles. The van der Waals surface area contributed by atoms with Crippen LogP contribution in [0.4, 0.5) is 0 Å². The predicted octanol–water partition coefficient (Wildman–Crippen LogP) is 1.23. The molecule has 0 spiro atoms. The minimum atomic E-state index is 0.0431. The minimum absolute atomic E-state index is 0.0431. The number of aromatic nitrogens is 2. The molecule has 1 unspecified atom stereocenters. The van der Waals surface area contributed by atoms with E-state index in [1.54, 1.807) is 0 Å². The summed E-state index contributed by atoms with van der Waals surface area (Å²) in [4.78, 5) is 0. The van der Waals surface area contributed by atoms with Gasteiger partial charge in [0.2, 0.25) is 0 Å². The lowest BCUT2D eigenvalue weighted by molar-refractivity contribution is 0.616. The van der Waals surface area contributed by atoms with Gasteiger partial charge < -0.3 is 5.73 Å². The van der Waals surface area contributed by atoms with Crippen LogP contribution in [-0.2, 0) is 6.54 Å². The topological polar surface area (TPSA) is 43.8 Å². The molecule has 1 heterocycles. The van der Waals surface area contributed by atoms with Gasteiger partial charge in [-0.3, -0.25) is 4.68 Å². The van der Waals surface area contributed by atoms with Crippen molar-refractivity contribution in [3.8, 4) is 0 Å². The maximum absolute atomic E-state index is 5.67. The molecule has 11 heavy (non-hydrogen) atoms. The summed E-state index contributed by atoms with van der Waals surface area (Å²) in [5.74, 6) is 0. The average Bonchev–Trinajstić information content (AvgIpc) is 2.31. The number of nitrogens with zero attached hydrogens (tertiary/aromatic N) is 2. The zero-order chi connectivity index (χ0) is 8.43. The van der Waals surface area contributed by atoms with Gasteiger partial charge in [-0.2, -0.15) is 5.10 Å². The SMILES string of the molecule is CCn1nc(C(C)N)cc1C. The lowest BCUT2D eigenvalue weighted by Gasteiger charge is -1.98. The quantitative estimate of drug-likeness (QED) is 0.694. The Hall–Kier alpha value is -0.830. The van der Waals surface area contributed by atoms with Crippen molar-refractivity contribution in [3.05, 3.63) is 17.5 Å². The van der Waals surface area contributed by atoms with E-state index in [9.17, 15) is 0 Å². The molecule has 0 radical (unpaired) electrons. The standard InChI is InChI=1S/C8H15N3/c1-4-11-6(2)5-8(10-11)7(3)9/h5,7H,4,9H2,1-3H3. The molecule has 0 fully saturated rings. The van der Waals surface area contributed by atoms with Gasteiger partial charge in [-0.1, -0.05) is 0 Å². The number of aryl methyl sites for hydroxylation is 2. The van der Waals surface area contributed by atoms with E-state index in [0.717, 1.165) is 12.2 Å². The minimum Gasteiger partial charge on any atom is -0.323 e. The third-order valence-corrected chi connectivity index (χ3v) is 1.77. The monoisotopic (exact) mass is 153 g/mol. The second kappa shape index (κ2) is 3.05. The number of rotatable bonds is 2. The molecule has 1 aromatic rings. The van der Waals surface area contributed by atoms with E-state index in [1.807, 2.05) is 24.6 Å². The van der Waals surface area contributed by atoms with Crippen molar-refractivity contribution in [1.82, 2.24) is 9.78 Å². The highest BCUT2D eigenvalue weighted by molar-refractivity contribution is 5.11. The van der Waals surface area contributed by atoms with Gasteiger partial charge in [-0.25, -0.2) is 0 Å². The maximum atomic E-state index is 5.67. The first kappa shape index (κ1) is 8.27. The average molecular weight is 153 g/mol. The Morgan fingerprint density at radius 1 is 1.73 bits per heavy atom. The molecule has 62 valence electrons. The van der Waals surface area contributed by atoms with Crippen LogP contribution in [0.1, 0.15) is 31.3 Å². The zero-order valence-corrected chi connectivity index (χ0v) is 7.33. The Morgan fingerprint density at radius 3 is 2.64 bits per heavy atom. The molecule has 0 bridgehead atoms. The third-order valence-electron chi connectivity index (χ3n) is 1.77. The zero-order valence-electron chi connectivity index (χ0n) is 7.33. The van der Waals surface area contributed by atoms with Crippen LogP contribution in [0.3, 0.4) is 0 Å². The lowest BCUT2D eigenvalue weighted by atomic mass is 10.2. The van der Waals surface area contributed by atoms with Crippen molar-refractivity contribution in [2.45, 2.75) is 33.4 Å². The summed E-state index contributed by atoms with van der Waals surface area (Å²) in [5.41, 5.74) is 7.83. The van der Waals surface area contributed by atoms with Crippen molar-refractivity contribution in [2.75, 3.05) is 0 Å². The summed E-state index contributed by atoms with van der Waals surface area (Å²) >= 11 is 0. The highest BCUT2D eigenvalue weighted by atomic mass is 15.3. The fraction of sp³-hybridized carbons (Fsp3) is 0.625. The van der Waals surface area contributed by atoms with Crippen LogP contribution in [0.15, 0.2) is 6.07 Å². The third kappa shape index (κ3) is 1.60. The molecule has 1 rings (SSSR count). The first-order valence-corrected chi connectivity index (χ1v) is 3.95. The second-order valence-electron chi connectivity index (χ2n) is 2.82. The summed E-state index contributed by atoms with van der Waals surface area (Å²) in [6, 6.07) is 2.08. The van der Waals surface area contributed by atoms with Crippen LogP contribution in [0.5, 0.6) is 0 Å². The summed E-state index contributed by atoms with van der Waals surface area (Å²) in [6.45, 7) is 6.98. The van der Waals surface area contributed by atoms with Gasteiger partial charge in [0.25, 0.3) is 0 Å². The fourth-order valence-electron chi connectivity index (χ4n) is 1.08. The molecule has 0 aliphatic carbocycles. The Morgan fingerprint density at radius 2 is 2.36 bits per heavy atom. The van der Waals surface area contributed by atoms with Crippen molar-refractivity contribution < 1.29 is 0 Å². The molecule has 3 nitrogen and oxygen atoms in total. The van der Waals surface area contributed by atoms with E-state index in [0.29, 0.717) is 0 Å². The molecular formula is C8H15N3. The molecule has 0 aromatic carbocycles. The van der Waals surface area contributed by atoms with E-state index in [4.69, 9.17) is 5.73 Å². The van der Waals surface area contributed by atoms with Crippen LogP contribution in [0.25, 0.3) is 0 Å². The van der Waals surface area contributed by atoms with Gasteiger partial charge in [0.15, 0.2) is 0 Å². The second-order valence-corrected chi connectivity index (χ2v) is 2.82. The molecule has 0 aliphatic heterocycles. The van der Waals surface area contributed by atoms with Crippen LogP contribution in [0.2, 0.25) is 0 Å². The van der Waals surface area contributed by atoms with Gasteiger partial charge >= 0.3 is 0 Å². The Bertz CT molecular complexity index is 237. The number of hydrogen-bond donors (Lipinski definition) is 1. The van der Waals surface area contributed by atoms with Crippen molar-refractivity contribution in [1.29, 1.82) is 0 Å². The molecule has 3 heteroatoms. The molecule has 0 saturated heterocycles. The number of hydrogen-bond acceptors (Lipinski definition) is 2. The summed E-state index contributed by atoms with van der Waals surface area (Å²) in [6.07, 6.45) is 0. The lowest BCUT2D eigenvalue weighted by Crippen LogP contribution is -2.07. The first-order chi connectivity index (χ1) is 5.15.